The van der Waals surface area contributed by atoms with Gasteiger partial charge >= 0.3 is 0 Å². The van der Waals surface area contributed by atoms with Crippen LogP contribution in [0.25, 0.3) is 0 Å². The smallest absolute Gasteiger partial charge is 0.162 e. The topological polar surface area (TPSA) is 9.23 Å². The molecule has 0 N–H and O–H groups in total. The summed E-state index contributed by atoms with van der Waals surface area (Å²) >= 11 is 0. The lowest BCUT2D eigenvalue weighted by Gasteiger charge is -2.31. The van der Waals surface area contributed by atoms with Crippen molar-refractivity contribution in [3.05, 3.63) is 59.5 Å². The third-order valence-corrected chi connectivity index (χ3v) is 8.81. The van der Waals surface area contributed by atoms with Crippen LogP contribution in [0.15, 0.2) is 36.7 Å². The molecule has 0 heterocycles. The molecule has 1 aromatic carbocycles. The van der Waals surface area contributed by atoms with Crippen LogP contribution >= 0.6 is 0 Å². The van der Waals surface area contributed by atoms with Gasteiger partial charge in [0.15, 0.2) is 11.6 Å². The highest BCUT2D eigenvalue weighted by Gasteiger charge is 2.30. The quantitative estimate of drug-likeness (QED) is 0.341. The number of allylic oxidation sites excluding steroid dienone is 2. The molecule has 0 amide bonds. The van der Waals surface area contributed by atoms with Crippen molar-refractivity contribution >= 4 is 0 Å². The van der Waals surface area contributed by atoms with Gasteiger partial charge in [-0.25, -0.2) is 13.2 Å². The fourth-order valence-corrected chi connectivity index (χ4v) is 6.60. The third-order valence-electron chi connectivity index (χ3n) is 8.81. The number of ether oxygens (including phenoxy) is 1. The predicted molar refractivity (Wildman–Crippen MR) is 133 cm³/mol. The second-order valence-corrected chi connectivity index (χ2v) is 10.8. The fraction of sp³-hybridized carbons (Fsp3) is 0.667. The van der Waals surface area contributed by atoms with Gasteiger partial charge in [-0.3, -0.25) is 0 Å². The molecule has 0 aromatic heterocycles. The van der Waals surface area contributed by atoms with Gasteiger partial charge in [-0.1, -0.05) is 18.2 Å². The minimum absolute atomic E-state index is 0.00555. The highest BCUT2D eigenvalue weighted by molar-refractivity contribution is 5.32. The lowest BCUT2D eigenvalue weighted by Crippen LogP contribution is -2.21. The van der Waals surface area contributed by atoms with Crippen molar-refractivity contribution in [1.82, 2.24) is 0 Å². The lowest BCUT2D eigenvalue weighted by molar-refractivity contribution is 0.0751. The molecule has 4 heteroatoms. The number of rotatable bonds is 8. The summed E-state index contributed by atoms with van der Waals surface area (Å²) in [4.78, 5) is 0. The first kappa shape index (κ1) is 25.5. The van der Waals surface area contributed by atoms with Crippen molar-refractivity contribution in [2.24, 2.45) is 17.8 Å². The van der Waals surface area contributed by atoms with Crippen LogP contribution in [0.1, 0.15) is 107 Å². The Morgan fingerprint density at radius 2 is 1.41 bits per heavy atom. The van der Waals surface area contributed by atoms with E-state index in [0.717, 1.165) is 77.0 Å². The molecule has 0 bridgehead atoms. The molecule has 2 fully saturated rings. The molecule has 2 saturated carbocycles. The largest absolute Gasteiger partial charge is 0.374 e. The Bertz CT molecular complexity index is 847. The van der Waals surface area contributed by atoms with Gasteiger partial charge in [0.25, 0.3) is 0 Å². The van der Waals surface area contributed by atoms with Crippen LogP contribution in [-0.4, -0.2) is 12.7 Å². The van der Waals surface area contributed by atoms with E-state index in [0.29, 0.717) is 29.6 Å². The van der Waals surface area contributed by atoms with Crippen LogP contribution in [0, 0.1) is 29.4 Å². The molecular weight excluding hydrogens is 433 g/mol. The van der Waals surface area contributed by atoms with Gasteiger partial charge in [-0.2, -0.15) is 0 Å². The van der Waals surface area contributed by atoms with Crippen LogP contribution in [0.2, 0.25) is 0 Å². The Kier molecular flexibility index (Phi) is 8.96. The molecule has 0 saturated heterocycles. The first-order valence-corrected chi connectivity index (χ1v) is 13.6. The van der Waals surface area contributed by atoms with E-state index >= 15 is 8.78 Å². The minimum Gasteiger partial charge on any atom is -0.374 e. The second-order valence-electron chi connectivity index (χ2n) is 10.8. The maximum Gasteiger partial charge on any atom is 0.162 e. The Balaban J connectivity index is 1.28. The summed E-state index contributed by atoms with van der Waals surface area (Å²) < 4.78 is 50.2. The zero-order valence-corrected chi connectivity index (χ0v) is 20.7. The molecule has 1 aromatic rings. The molecule has 0 aliphatic heterocycles. The van der Waals surface area contributed by atoms with Crippen molar-refractivity contribution in [1.29, 1.82) is 0 Å². The van der Waals surface area contributed by atoms with E-state index in [1.807, 2.05) is 25.1 Å². The summed E-state index contributed by atoms with van der Waals surface area (Å²) in [6.07, 6.45) is 14.9. The van der Waals surface area contributed by atoms with Crippen molar-refractivity contribution < 1.29 is 17.9 Å². The molecule has 0 spiro atoms. The molecular formula is C30H41F3O. The van der Waals surface area contributed by atoms with Gasteiger partial charge in [-0.15, -0.1) is 6.58 Å². The Labute approximate surface area is 203 Å². The van der Waals surface area contributed by atoms with E-state index in [-0.39, 0.29) is 29.7 Å². The summed E-state index contributed by atoms with van der Waals surface area (Å²) in [5.74, 6) is 0.0564. The Hall–Kier alpha value is -1.55. The maximum absolute atomic E-state index is 15.1. The zero-order valence-electron chi connectivity index (χ0n) is 20.7. The Morgan fingerprint density at radius 1 is 0.824 bits per heavy atom. The van der Waals surface area contributed by atoms with E-state index in [4.69, 9.17) is 4.74 Å². The highest BCUT2D eigenvalue weighted by Crippen LogP contribution is 2.43. The molecule has 2 unspecified atom stereocenters. The highest BCUT2D eigenvalue weighted by atomic mass is 19.2. The maximum atomic E-state index is 15.1. The average molecular weight is 475 g/mol. The fourth-order valence-electron chi connectivity index (χ4n) is 6.60. The van der Waals surface area contributed by atoms with Crippen LogP contribution in [0.3, 0.4) is 0 Å². The molecule has 1 nitrogen and oxygen atoms in total. The first-order valence-electron chi connectivity index (χ1n) is 13.6. The van der Waals surface area contributed by atoms with E-state index in [1.54, 1.807) is 6.08 Å². The molecule has 188 valence electrons. The zero-order chi connectivity index (χ0) is 24.1. The summed E-state index contributed by atoms with van der Waals surface area (Å²) in [6.45, 7) is 6.43. The standard InChI is InChI=1S/C30H41F3O/c1-3-20-5-10-22(11-6-20)26-17-18-27(30(33)29(26)32)23-12-7-21(8-13-23)9-14-24-15-16-25(34-4-2)19-28(24)31/h3,17-25H,1,4-16H2,2H3. The normalized spacial score (nSPS) is 32.3. The lowest BCUT2D eigenvalue weighted by atomic mass is 9.74. The van der Waals surface area contributed by atoms with Crippen LogP contribution in [0.5, 0.6) is 0 Å². The van der Waals surface area contributed by atoms with E-state index in [9.17, 15) is 4.39 Å². The summed E-state index contributed by atoms with van der Waals surface area (Å²) in [5, 5.41) is 0. The van der Waals surface area contributed by atoms with Gasteiger partial charge in [0.1, 0.15) is 5.83 Å². The van der Waals surface area contributed by atoms with Crippen molar-refractivity contribution in [2.45, 2.75) is 102 Å². The molecule has 0 radical (unpaired) electrons. The monoisotopic (exact) mass is 474 g/mol. The summed E-state index contributed by atoms with van der Waals surface area (Å²) in [6, 6.07) is 3.71. The van der Waals surface area contributed by atoms with Crippen LogP contribution in [0.4, 0.5) is 13.2 Å². The van der Waals surface area contributed by atoms with Crippen molar-refractivity contribution in [2.75, 3.05) is 6.61 Å². The van der Waals surface area contributed by atoms with Gasteiger partial charge in [-0.05, 0) is 125 Å². The molecule has 34 heavy (non-hydrogen) atoms. The number of hydrogen-bond acceptors (Lipinski definition) is 1. The molecule has 2 atom stereocenters. The van der Waals surface area contributed by atoms with E-state index < -0.39 is 11.6 Å². The van der Waals surface area contributed by atoms with Gasteiger partial charge in [0, 0.05) is 12.5 Å². The van der Waals surface area contributed by atoms with Crippen molar-refractivity contribution in [3.8, 4) is 0 Å². The van der Waals surface area contributed by atoms with E-state index in [1.165, 1.54) is 0 Å². The summed E-state index contributed by atoms with van der Waals surface area (Å²) in [7, 11) is 0. The van der Waals surface area contributed by atoms with Crippen LogP contribution in [-0.2, 0) is 4.74 Å². The molecule has 3 aliphatic carbocycles. The van der Waals surface area contributed by atoms with Gasteiger partial charge in [0.05, 0.1) is 6.10 Å². The second kappa shape index (κ2) is 11.9. The number of hydrogen-bond donors (Lipinski definition) is 0. The number of halogens is 3. The Morgan fingerprint density at radius 3 is 1.94 bits per heavy atom. The molecule has 3 aliphatic rings. The third kappa shape index (κ3) is 5.98. The molecule has 4 rings (SSSR count). The number of benzene rings is 1. The average Bonchev–Trinajstić information content (AvgIpc) is 2.86. The van der Waals surface area contributed by atoms with Crippen LogP contribution < -0.4 is 0 Å². The van der Waals surface area contributed by atoms with E-state index in [2.05, 4.69) is 6.58 Å². The minimum atomic E-state index is -0.620. The summed E-state index contributed by atoms with van der Waals surface area (Å²) in [5.41, 5.74) is 1.12. The predicted octanol–water partition coefficient (Wildman–Crippen LogP) is 9.15. The van der Waals surface area contributed by atoms with Gasteiger partial charge < -0.3 is 4.74 Å². The van der Waals surface area contributed by atoms with Gasteiger partial charge in [0.2, 0.25) is 0 Å². The SMILES string of the molecule is C=CC1CCC(c2ccc(C3CCC(CCC4CCC(OCC)C=C4F)CC3)c(F)c2F)CC1. The first-order chi connectivity index (χ1) is 16.5. The van der Waals surface area contributed by atoms with Crippen molar-refractivity contribution in [3.63, 3.8) is 0 Å².